The van der Waals surface area contributed by atoms with Gasteiger partial charge in [-0.1, -0.05) is 13.3 Å². The molecule has 4 heteroatoms. The summed E-state index contributed by atoms with van der Waals surface area (Å²) in [6.45, 7) is 1.98. The predicted molar refractivity (Wildman–Crippen MR) is 36.7 cm³/mol. The molecule has 0 bridgehead atoms. The van der Waals surface area contributed by atoms with Crippen LogP contribution in [0.2, 0.25) is 0 Å². The summed E-state index contributed by atoms with van der Waals surface area (Å²) in [4.78, 5) is 11.2. The van der Waals surface area contributed by atoms with Gasteiger partial charge in [-0.05, 0) is 6.42 Å². The third-order valence-electron chi connectivity index (χ3n) is 1.22. The summed E-state index contributed by atoms with van der Waals surface area (Å²) in [6.07, 6.45) is 0.673. The van der Waals surface area contributed by atoms with Gasteiger partial charge in [0.25, 0.3) is 0 Å². The third kappa shape index (κ3) is 3.29. The van der Waals surface area contributed by atoms with Crippen LogP contribution >= 0.6 is 0 Å². The second-order valence-corrected chi connectivity index (χ2v) is 2.04. The number of hydrogen-bond acceptors (Lipinski definition) is 2. The first-order chi connectivity index (χ1) is 4.72. The molecule has 0 heterocycles. The minimum Gasteiger partial charge on any atom is -0.465 e. The van der Waals surface area contributed by atoms with Crippen LogP contribution < -0.4 is 0 Å². The monoisotopic (exact) mass is 147 g/mol. The van der Waals surface area contributed by atoms with Crippen molar-refractivity contribution in [2.45, 2.75) is 19.8 Å². The number of nitrogens with zero attached hydrogens (tertiary/aromatic N) is 1. The third-order valence-corrected chi connectivity index (χ3v) is 1.22. The molecule has 10 heavy (non-hydrogen) atoms. The Morgan fingerprint density at radius 1 is 1.60 bits per heavy atom. The Morgan fingerprint density at radius 2 is 2.20 bits per heavy atom. The number of aliphatic hydroxyl groups excluding tert-OH is 1. The number of carboxylic acid groups (broad SMARTS) is 1. The molecule has 0 aromatic heterocycles. The van der Waals surface area contributed by atoms with Crippen molar-refractivity contribution in [3.8, 4) is 0 Å². The van der Waals surface area contributed by atoms with Gasteiger partial charge in [-0.2, -0.15) is 0 Å². The van der Waals surface area contributed by atoms with Crippen LogP contribution in [0, 0.1) is 0 Å². The van der Waals surface area contributed by atoms with Crippen LogP contribution in [0.4, 0.5) is 4.79 Å². The standard InChI is InChI=1S/C6H13NO3/c1-2-3-4-7(5-8)6(9)10/h8H,2-5H2,1H3,(H,9,10). The van der Waals surface area contributed by atoms with Crippen molar-refractivity contribution >= 4 is 6.09 Å². The van der Waals surface area contributed by atoms with Gasteiger partial charge in [-0.15, -0.1) is 0 Å². The van der Waals surface area contributed by atoms with E-state index < -0.39 is 12.8 Å². The molecule has 0 spiro atoms. The van der Waals surface area contributed by atoms with Gasteiger partial charge in [0.2, 0.25) is 0 Å². The van der Waals surface area contributed by atoms with Gasteiger partial charge < -0.3 is 10.2 Å². The Balaban J connectivity index is 3.50. The van der Waals surface area contributed by atoms with Crippen molar-refractivity contribution in [3.05, 3.63) is 0 Å². The maximum Gasteiger partial charge on any atom is 0.409 e. The fourth-order valence-corrected chi connectivity index (χ4v) is 0.576. The number of aliphatic hydroxyl groups is 1. The molecule has 0 fully saturated rings. The molecule has 0 unspecified atom stereocenters. The maximum atomic E-state index is 10.2. The summed E-state index contributed by atoms with van der Waals surface area (Å²) in [6, 6.07) is 0. The smallest absolute Gasteiger partial charge is 0.409 e. The van der Waals surface area contributed by atoms with E-state index in [2.05, 4.69) is 0 Å². The second-order valence-electron chi connectivity index (χ2n) is 2.04. The van der Waals surface area contributed by atoms with Gasteiger partial charge in [0.1, 0.15) is 6.73 Å². The average molecular weight is 147 g/mol. The first-order valence-electron chi connectivity index (χ1n) is 3.31. The summed E-state index contributed by atoms with van der Waals surface area (Å²) in [5.41, 5.74) is 0. The number of amides is 1. The quantitative estimate of drug-likeness (QED) is 0.576. The molecule has 0 aliphatic rings. The van der Waals surface area contributed by atoms with Crippen molar-refractivity contribution in [3.63, 3.8) is 0 Å². The van der Waals surface area contributed by atoms with Gasteiger partial charge in [0.15, 0.2) is 0 Å². The molecule has 0 aliphatic heterocycles. The lowest BCUT2D eigenvalue weighted by Crippen LogP contribution is -2.31. The summed E-state index contributed by atoms with van der Waals surface area (Å²) < 4.78 is 0. The zero-order chi connectivity index (χ0) is 7.98. The van der Waals surface area contributed by atoms with Crippen molar-refractivity contribution < 1.29 is 15.0 Å². The van der Waals surface area contributed by atoms with Gasteiger partial charge in [0, 0.05) is 6.54 Å². The van der Waals surface area contributed by atoms with E-state index in [9.17, 15) is 4.79 Å². The van der Waals surface area contributed by atoms with Gasteiger partial charge >= 0.3 is 6.09 Å². The van der Waals surface area contributed by atoms with Crippen molar-refractivity contribution in [1.29, 1.82) is 0 Å². The van der Waals surface area contributed by atoms with Gasteiger partial charge in [0.05, 0.1) is 0 Å². The van der Waals surface area contributed by atoms with E-state index in [0.717, 1.165) is 17.7 Å². The highest BCUT2D eigenvalue weighted by molar-refractivity contribution is 5.64. The number of rotatable bonds is 4. The number of unbranched alkanes of at least 4 members (excludes halogenated alkanes) is 1. The lowest BCUT2D eigenvalue weighted by molar-refractivity contribution is 0.0880. The largest absolute Gasteiger partial charge is 0.465 e. The molecule has 2 N–H and O–H groups in total. The predicted octanol–water partition coefficient (Wildman–Crippen LogP) is 0.716. The SMILES string of the molecule is CCCCN(CO)C(=O)O. The Bertz CT molecular complexity index is 105. The van der Waals surface area contributed by atoms with Crippen LogP contribution in [-0.2, 0) is 0 Å². The molecule has 0 atom stereocenters. The molecular weight excluding hydrogens is 134 g/mol. The number of hydrogen-bond donors (Lipinski definition) is 2. The highest BCUT2D eigenvalue weighted by Crippen LogP contribution is 1.93. The summed E-state index contributed by atoms with van der Waals surface area (Å²) in [7, 11) is 0. The molecule has 4 nitrogen and oxygen atoms in total. The first-order valence-corrected chi connectivity index (χ1v) is 3.31. The zero-order valence-corrected chi connectivity index (χ0v) is 6.08. The summed E-state index contributed by atoms with van der Waals surface area (Å²) in [5.74, 6) is 0. The Labute approximate surface area is 60.1 Å². The van der Waals surface area contributed by atoms with E-state index in [1.165, 1.54) is 0 Å². The fourth-order valence-electron chi connectivity index (χ4n) is 0.576. The lowest BCUT2D eigenvalue weighted by Gasteiger charge is -2.14. The van der Waals surface area contributed by atoms with E-state index in [0.29, 0.717) is 6.54 Å². The maximum absolute atomic E-state index is 10.2. The van der Waals surface area contributed by atoms with Crippen LogP contribution in [0.3, 0.4) is 0 Å². The minimum absolute atomic E-state index is 0.407. The van der Waals surface area contributed by atoms with Crippen LogP contribution in [-0.4, -0.2) is 34.5 Å². The van der Waals surface area contributed by atoms with Crippen molar-refractivity contribution in [1.82, 2.24) is 4.90 Å². The molecule has 0 aromatic rings. The average Bonchev–Trinajstić information content (AvgIpc) is 1.89. The van der Waals surface area contributed by atoms with Gasteiger partial charge in [-0.25, -0.2) is 4.79 Å². The molecule has 0 saturated carbocycles. The molecule has 0 rings (SSSR count). The van der Waals surface area contributed by atoms with Crippen molar-refractivity contribution in [2.75, 3.05) is 13.3 Å². The molecule has 0 radical (unpaired) electrons. The minimum atomic E-state index is -1.06. The highest BCUT2D eigenvalue weighted by Gasteiger charge is 2.07. The Morgan fingerprint density at radius 3 is 2.50 bits per heavy atom. The van der Waals surface area contributed by atoms with Crippen LogP contribution in [0.1, 0.15) is 19.8 Å². The van der Waals surface area contributed by atoms with Crippen LogP contribution in [0.15, 0.2) is 0 Å². The normalized spacial score (nSPS) is 9.40. The molecule has 0 saturated heterocycles. The fraction of sp³-hybridized carbons (Fsp3) is 0.833. The molecule has 60 valence electrons. The van der Waals surface area contributed by atoms with Crippen LogP contribution in [0.5, 0.6) is 0 Å². The van der Waals surface area contributed by atoms with Crippen molar-refractivity contribution in [2.24, 2.45) is 0 Å². The molecule has 0 aromatic carbocycles. The van der Waals surface area contributed by atoms with E-state index in [-0.39, 0.29) is 0 Å². The van der Waals surface area contributed by atoms with Crippen LogP contribution in [0.25, 0.3) is 0 Å². The zero-order valence-electron chi connectivity index (χ0n) is 6.08. The van der Waals surface area contributed by atoms with E-state index in [1.807, 2.05) is 6.92 Å². The lowest BCUT2D eigenvalue weighted by atomic mass is 10.3. The molecular formula is C6H13NO3. The molecule has 0 aliphatic carbocycles. The summed E-state index contributed by atoms with van der Waals surface area (Å²) in [5, 5.41) is 16.8. The second kappa shape index (κ2) is 5.05. The summed E-state index contributed by atoms with van der Waals surface area (Å²) >= 11 is 0. The number of carbonyl (C=O) groups is 1. The van der Waals surface area contributed by atoms with Gasteiger partial charge in [-0.3, -0.25) is 4.90 Å². The Hall–Kier alpha value is -0.770. The highest BCUT2D eigenvalue weighted by atomic mass is 16.4. The first kappa shape index (κ1) is 9.23. The topological polar surface area (TPSA) is 60.8 Å². The Kier molecular flexibility index (Phi) is 4.66. The van der Waals surface area contributed by atoms with E-state index in [1.54, 1.807) is 0 Å². The molecule has 1 amide bonds. The van der Waals surface area contributed by atoms with E-state index in [4.69, 9.17) is 10.2 Å². The van der Waals surface area contributed by atoms with E-state index >= 15 is 0 Å².